The molecule has 56 valence electrons. The summed E-state index contributed by atoms with van der Waals surface area (Å²) >= 11 is 0. The van der Waals surface area contributed by atoms with E-state index in [1.807, 2.05) is 6.92 Å². The van der Waals surface area contributed by atoms with Crippen LogP contribution in [0.3, 0.4) is 0 Å². The number of hydrogen-bond donors (Lipinski definition) is 0. The Kier molecular flexibility index (Phi) is 4.29. The Balaban J connectivity index is 4.09. The Labute approximate surface area is 61.9 Å². The van der Waals surface area contributed by atoms with Crippen molar-refractivity contribution >= 4 is 5.90 Å². The molecule has 0 amide bonds. The van der Waals surface area contributed by atoms with Crippen LogP contribution in [0.25, 0.3) is 0 Å². The molecule has 10 heavy (non-hydrogen) atoms. The van der Waals surface area contributed by atoms with Crippen LogP contribution in [0.15, 0.2) is 29.9 Å². The lowest BCUT2D eigenvalue weighted by Crippen LogP contribution is -1.95. The van der Waals surface area contributed by atoms with Gasteiger partial charge in [-0.15, -0.1) is 0 Å². The van der Waals surface area contributed by atoms with Crippen LogP contribution in [0.5, 0.6) is 0 Å². The van der Waals surface area contributed by atoms with Crippen molar-refractivity contribution in [2.24, 2.45) is 4.99 Å². The fourth-order valence-electron chi connectivity index (χ4n) is 0.410. The summed E-state index contributed by atoms with van der Waals surface area (Å²) in [5.41, 5.74) is 0.803. The van der Waals surface area contributed by atoms with Crippen molar-refractivity contribution in [3.63, 3.8) is 0 Å². The fourth-order valence-corrected chi connectivity index (χ4v) is 0.410. The summed E-state index contributed by atoms with van der Waals surface area (Å²) in [5.74, 6) is 0.520. The lowest BCUT2D eigenvalue weighted by atomic mass is 10.4. The maximum atomic E-state index is 4.84. The predicted octanol–water partition coefficient (Wildman–Crippen LogP) is 2.14. The van der Waals surface area contributed by atoms with Crippen LogP contribution in [0.1, 0.15) is 13.3 Å². The van der Waals surface area contributed by atoms with Gasteiger partial charge in [-0.25, -0.2) is 4.99 Å². The van der Waals surface area contributed by atoms with Crippen molar-refractivity contribution in [2.45, 2.75) is 13.3 Å². The van der Waals surface area contributed by atoms with E-state index in [0.29, 0.717) is 5.90 Å². The second-order valence-corrected chi connectivity index (χ2v) is 1.78. The maximum Gasteiger partial charge on any atom is 0.212 e. The fraction of sp³-hybridized carbons (Fsp3) is 0.375. The minimum atomic E-state index is 0.520. The molecule has 0 aromatic heterocycles. The Morgan fingerprint density at radius 3 is 2.60 bits per heavy atom. The summed E-state index contributed by atoms with van der Waals surface area (Å²) in [6, 6.07) is 0. The van der Waals surface area contributed by atoms with Crippen molar-refractivity contribution in [1.82, 2.24) is 0 Å². The molecule has 0 radical (unpaired) electrons. The van der Waals surface area contributed by atoms with Crippen LogP contribution < -0.4 is 0 Å². The molecule has 0 aliphatic heterocycles. The molecular formula is C8H13NO. The van der Waals surface area contributed by atoms with Gasteiger partial charge >= 0.3 is 0 Å². The SMILES string of the molecule is C=C/C(=N\C(=C)CC)OC. The number of allylic oxidation sites excluding steroid dienone is 1. The van der Waals surface area contributed by atoms with Crippen molar-refractivity contribution in [2.75, 3.05) is 7.11 Å². The molecule has 0 rings (SSSR count). The molecule has 0 fully saturated rings. The van der Waals surface area contributed by atoms with Gasteiger partial charge in [0, 0.05) is 5.70 Å². The van der Waals surface area contributed by atoms with Gasteiger partial charge in [-0.1, -0.05) is 20.1 Å². The Bertz CT molecular complexity index is 159. The van der Waals surface area contributed by atoms with E-state index in [1.54, 1.807) is 13.2 Å². The van der Waals surface area contributed by atoms with E-state index in [4.69, 9.17) is 4.74 Å². The molecule has 0 bridgehead atoms. The summed E-state index contributed by atoms with van der Waals surface area (Å²) in [4.78, 5) is 4.01. The Morgan fingerprint density at radius 1 is 1.70 bits per heavy atom. The minimum absolute atomic E-state index is 0.520. The van der Waals surface area contributed by atoms with Gasteiger partial charge in [-0.3, -0.25) is 0 Å². The monoisotopic (exact) mass is 139 g/mol. The van der Waals surface area contributed by atoms with Gasteiger partial charge in [0.25, 0.3) is 0 Å². The minimum Gasteiger partial charge on any atom is -0.481 e. The number of methoxy groups -OCH3 is 1. The first-order chi connectivity index (χ1) is 4.74. The van der Waals surface area contributed by atoms with E-state index in [1.165, 1.54) is 0 Å². The first-order valence-electron chi connectivity index (χ1n) is 3.17. The second kappa shape index (κ2) is 4.79. The van der Waals surface area contributed by atoms with Crippen molar-refractivity contribution < 1.29 is 4.74 Å². The first-order valence-corrected chi connectivity index (χ1v) is 3.17. The van der Waals surface area contributed by atoms with Crippen LogP contribution >= 0.6 is 0 Å². The molecule has 2 heteroatoms. The number of rotatable bonds is 3. The van der Waals surface area contributed by atoms with Crippen LogP contribution in [-0.4, -0.2) is 13.0 Å². The van der Waals surface area contributed by atoms with E-state index in [0.717, 1.165) is 12.1 Å². The molecule has 0 aliphatic carbocycles. The predicted molar refractivity (Wildman–Crippen MR) is 44.1 cm³/mol. The first kappa shape index (κ1) is 8.95. The van der Waals surface area contributed by atoms with E-state index in [-0.39, 0.29) is 0 Å². The molecule has 0 atom stereocenters. The summed E-state index contributed by atoms with van der Waals surface area (Å²) in [6.45, 7) is 9.20. The molecule has 0 heterocycles. The average Bonchev–Trinajstić information content (AvgIpc) is 1.99. The highest BCUT2D eigenvalue weighted by molar-refractivity contribution is 5.87. The summed E-state index contributed by atoms with van der Waals surface area (Å²) in [5, 5.41) is 0. The van der Waals surface area contributed by atoms with E-state index >= 15 is 0 Å². The van der Waals surface area contributed by atoms with Crippen molar-refractivity contribution in [3.8, 4) is 0 Å². The maximum absolute atomic E-state index is 4.84. The van der Waals surface area contributed by atoms with Crippen LogP contribution in [-0.2, 0) is 4.74 Å². The van der Waals surface area contributed by atoms with Crippen LogP contribution in [0, 0.1) is 0 Å². The third-order valence-electron chi connectivity index (χ3n) is 1.06. The molecule has 0 saturated carbocycles. The van der Waals surface area contributed by atoms with Gasteiger partial charge in [0.1, 0.15) is 0 Å². The molecule has 0 aromatic carbocycles. The lowest BCUT2D eigenvalue weighted by Gasteiger charge is -1.98. The van der Waals surface area contributed by atoms with E-state index < -0.39 is 0 Å². The van der Waals surface area contributed by atoms with Gasteiger partial charge in [0.2, 0.25) is 5.90 Å². The van der Waals surface area contributed by atoms with Gasteiger partial charge in [0.05, 0.1) is 7.11 Å². The van der Waals surface area contributed by atoms with Gasteiger partial charge in [0.15, 0.2) is 0 Å². The van der Waals surface area contributed by atoms with Crippen LogP contribution in [0.4, 0.5) is 0 Å². The molecule has 0 spiro atoms. The number of aliphatic imine (C=N–C) groups is 1. The quantitative estimate of drug-likeness (QED) is 0.433. The van der Waals surface area contributed by atoms with Gasteiger partial charge < -0.3 is 4.74 Å². The Morgan fingerprint density at radius 2 is 2.30 bits per heavy atom. The third-order valence-corrected chi connectivity index (χ3v) is 1.06. The third kappa shape index (κ3) is 3.07. The molecule has 2 nitrogen and oxygen atoms in total. The summed E-state index contributed by atoms with van der Waals surface area (Å²) in [6.07, 6.45) is 2.39. The zero-order valence-electron chi connectivity index (χ0n) is 6.55. The average molecular weight is 139 g/mol. The molecule has 0 unspecified atom stereocenters. The number of hydrogen-bond acceptors (Lipinski definition) is 2. The lowest BCUT2D eigenvalue weighted by molar-refractivity contribution is 0.406. The highest BCUT2D eigenvalue weighted by atomic mass is 16.5. The Hall–Kier alpha value is -1.05. The molecule has 0 aliphatic rings. The zero-order valence-corrected chi connectivity index (χ0v) is 6.55. The second-order valence-electron chi connectivity index (χ2n) is 1.78. The largest absolute Gasteiger partial charge is 0.481 e. The molecule has 0 aromatic rings. The zero-order chi connectivity index (χ0) is 7.98. The molecular weight excluding hydrogens is 126 g/mol. The number of ether oxygens (including phenoxy) is 1. The summed E-state index contributed by atoms with van der Waals surface area (Å²) < 4.78 is 4.84. The smallest absolute Gasteiger partial charge is 0.212 e. The van der Waals surface area contributed by atoms with Crippen molar-refractivity contribution in [1.29, 1.82) is 0 Å². The highest BCUT2D eigenvalue weighted by Gasteiger charge is 1.89. The van der Waals surface area contributed by atoms with Crippen LogP contribution in [0.2, 0.25) is 0 Å². The van der Waals surface area contributed by atoms with Gasteiger partial charge in [-0.2, -0.15) is 0 Å². The summed E-state index contributed by atoms with van der Waals surface area (Å²) in [7, 11) is 1.56. The topological polar surface area (TPSA) is 21.6 Å². The normalized spacial score (nSPS) is 10.8. The van der Waals surface area contributed by atoms with Crippen molar-refractivity contribution in [3.05, 3.63) is 24.9 Å². The highest BCUT2D eigenvalue weighted by Crippen LogP contribution is 1.98. The standard InChI is InChI=1S/C8H13NO/c1-5-7(3)9-8(6-2)10-4/h6H,2-3,5H2,1,4H3/b9-8+. The van der Waals surface area contributed by atoms with E-state index in [2.05, 4.69) is 18.2 Å². The molecule has 0 N–H and O–H groups in total. The number of nitrogens with zero attached hydrogens (tertiary/aromatic N) is 1. The van der Waals surface area contributed by atoms with Gasteiger partial charge in [-0.05, 0) is 12.5 Å². The van der Waals surface area contributed by atoms with E-state index in [9.17, 15) is 0 Å². The molecule has 0 saturated heterocycles.